The van der Waals surface area contributed by atoms with Gasteiger partial charge in [0, 0.05) is 25.6 Å². The molecule has 0 radical (unpaired) electrons. The first-order valence-electron chi connectivity index (χ1n) is 7.84. The van der Waals surface area contributed by atoms with Crippen LogP contribution in [0.3, 0.4) is 0 Å². The second kappa shape index (κ2) is 6.07. The molecule has 0 spiro atoms. The molecule has 7 nitrogen and oxygen atoms in total. The smallest absolute Gasteiger partial charge is 0.258 e. The average Bonchev–Trinajstić information content (AvgIpc) is 2.95. The second-order valence-electron chi connectivity index (χ2n) is 6.38. The van der Waals surface area contributed by atoms with Crippen LogP contribution in [0.15, 0.2) is 22.7 Å². The molecule has 0 saturated heterocycles. The summed E-state index contributed by atoms with van der Waals surface area (Å²) in [5, 5.41) is 6.97. The molecule has 8 heteroatoms. The minimum Gasteiger partial charge on any atom is -0.372 e. The lowest BCUT2D eigenvalue weighted by molar-refractivity contribution is -0.115. The number of carbonyl (C=O) groups excluding carboxylic acids is 1. The van der Waals surface area contributed by atoms with Gasteiger partial charge in [0.05, 0.1) is 16.9 Å². The van der Waals surface area contributed by atoms with Crippen molar-refractivity contribution in [1.29, 1.82) is 0 Å². The third kappa shape index (κ3) is 2.74. The Morgan fingerprint density at radius 1 is 1.38 bits per heavy atom. The zero-order valence-corrected chi connectivity index (χ0v) is 14.2. The molecule has 0 atom stereocenters. The lowest BCUT2D eigenvalue weighted by Crippen LogP contribution is -2.44. The fourth-order valence-electron chi connectivity index (χ4n) is 3.03. The topological polar surface area (TPSA) is 97.3 Å². The SMILES string of the molecule is CN1CCC(=O)Nc2cc(-c3nc(C4(N)CCC4)no3)ccc21.Cl. The highest BCUT2D eigenvalue weighted by Gasteiger charge is 2.39. The molecule has 3 N–H and O–H groups in total. The molecule has 1 aliphatic heterocycles. The summed E-state index contributed by atoms with van der Waals surface area (Å²) in [5.74, 6) is 1.00. The molecule has 2 aromatic rings. The Morgan fingerprint density at radius 3 is 2.88 bits per heavy atom. The van der Waals surface area contributed by atoms with E-state index in [2.05, 4.69) is 20.4 Å². The van der Waals surface area contributed by atoms with Gasteiger partial charge in [-0.25, -0.2) is 0 Å². The summed E-state index contributed by atoms with van der Waals surface area (Å²) >= 11 is 0. The van der Waals surface area contributed by atoms with Crippen LogP contribution in [0, 0.1) is 0 Å². The van der Waals surface area contributed by atoms with Gasteiger partial charge < -0.3 is 20.5 Å². The van der Waals surface area contributed by atoms with E-state index in [-0.39, 0.29) is 18.3 Å². The van der Waals surface area contributed by atoms with E-state index >= 15 is 0 Å². The molecule has 1 aromatic heterocycles. The first-order valence-corrected chi connectivity index (χ1v) is 7.84. The average molecular weight is 350 g/mol. The zero-order chi connectivity index (χ0) is 16.0. The van der Waals surface area contributed by atoms with Crippen LogP contribution in [0.2, 0.25) is 0 Å². The molecule has 0 unspecified atom stereocenters. The maximum absolute atomic E-state index is 11.8. The Balaban J connectivity index is 0.00000169. The number of nitrogens with zero attached hydrogens (tertiary/aromatic N) is 3. The fraction of sp³-hybridized carbons (Fsp3) is 0.438. The summed E-state index contributed by atoms with van der Waals surface area (Å²) in [6.07, 6.45) is 3.34. The van der Waals surface area contributed by atoms with Gasteiger partial charge in [-0.2, -0.15) is 4.98 Å². The Morgan fingerprint density at radius 2 is 2.17 bits per heavy atom. The van der Waals surface area contributed by atoms with Crippen LogP contribution in [-0.2, 0) is 10.3 Å². The van der Waals surface area contributed by atoms with Gasteiger partial charge >= 0.3 is 0 Å². The van der Waals surface area contributed by atoms with Crippen molar-refractivity contribution < 1.29 is 9.32 Å². The van der Waals surface area contributed by atoms with Gasteiger partial charge in [-0.1, -0.05) is 5.16 Å². The van der Waals surface area contributed by atoms with E-state index in [9.17, 15) is 4.79 Å². The minimum absolute atomic E-state index is 0. The number of rotatable bonds is 2. The van der Waals surface area contributed by atoms with E-state index in [0.717, 1.165) is 36.2 Å². The molecular weight excluding hydrogens is 330 g/mol. The highest BCUT2D eigenvalue weighted by Crippen LogP contribution is 2.38. The van der Waals surface area contributed by atoms with Crippen molar-refractivity contribution >= 4 is 29.7 Å². The highest BCUT2D eigenvalue weighted by molar-refractivity contribution is 5.97. The summed E-state index contributed by atoms with van der Waals surface area (Å²) in [6.45, 7) is 0.693. The molecule has 24 heavy (non-hydrogen) atoms. The lowest BCUT2D eigenvalue weighted by atomic mass is 9.77. The maximum Gasteiger partial charge on any atom is 0.258 e. The largest absolute Gasteiger partial charge is 0.372 e. The van der Waals surface area contributed by atoms with Gasteiger partial charge in [-0.15, -0.1) is 12.4 Å². The summed E-state index contributed by atoms with van der Waals surface area (Å²) in [6, 6.07) is 5.76. The Bertz CT molecular complexity index is 772. The standard InChI is InChI=1S/C16H19N5O2.ClH/c1-21-8-5-13(22)18-11-9-10(3-4-12(11)21)14-19-15(20-23-14)16(17)6-2-7-16;/h3-4,9H,2,5-8,17H2,1H3,(H,18,22);1H. The van der Waals surface area contributed by atoms with Crippen LogP contribution in [0.5, 0.6) is 0 Å². The van der Waals surface area contributed by atoms with Crippen molar-refractivity contribution in [3.63, 3.8) is 0 Å². The van der Waals surface area contributed by atoms with Crippen LogP contribution in [0.4, 0.5) is 11.4 Å². The minimum atomic E-state index is -0.443. The van der Waals surface area contributed by atoms with Crippen LogP contribution < -0.4 is 16.0 Å². The molecule has 1 amide bonds. The van der Waals surface area contributed by atoms with Gasteiger partial charge in [0.15, 0.2) is 5.82 Å². The molecule has 2 aliphatic rings. The van der Waals surface area contributed by atoms with Crippen LogP contribution in [-0.4, -0.2) is 29.6 Å². The monoisotopic (exact) mass is 349 g/mol. The zero-order valence-electron chi connectivity index (χ0n) is 13.4. The van der Waals surface area contributed by atoms with Crippen molar-refractivity contribution in [3.05, 3.63) is 24.0 Å². The van der Waals surface area contributed by atoms with Gasteiger partial charge in [0.25, 0.3) is 5.89 Å². The number of hydrogen-bond acceptors (Lipinski definition) is 6. The van der Waals surface area contributed by atoms with Gasteiger partial charge in [0.1, 0.15) is 0 Å². The van der Waals surface area contributed by atoms with Gasteiger partial charge in [-0.3, -0.25) is 4.79 Å². The van der Waals surface area contributed by atoms with Crippen molar-refractivity contribution in [2.75, 3.05) is 23.8 Å². The summed E-state index contributed by atoms with van der Waals surface area (Å²) in [4.78, 5) is 18.3. The van der Waals surface area contributed by atoms with Gasteiger partial charge in [-0.05, 0) is 37.5 Å². The third-order valence-electron chi connectivity index (χ3n) is 4.72. The van der Waals surface area contributed by atoms with Gasteiger partial charge in [0.2, 0.25) is 5.91 Å². The van der Waals surface area contributed by atoms with E-state index in [4.69, 9.17) is 10.3 Å². The number of hydrogen-bond donors (Lipinski definition) is 2. The normalized spacial score (nSPS) is 18.8. The molecule has 0 bridgehead atoms. The van der Waals surface area contributed by atoms with Crippen molar-refractivity contribution in [3.8, 4) is 11.5 Å². The predicted octanol–water partition coefficient (Wildman–Crippen LogP) is 2.27. The van der Waals surface area contributed by atoms with Crippen molar-refractivity contribution in [1.82, 2.24) is 10.1 Å². The predicted molar refractivity (Wildman–Crippen MR) is 93.2 cm³/mol. The molecule has 1 fully saturated rings. The molecule has 1 aromatic carbocycles. The molecule has 1 saturated carbocycles. The summed E-state index contributed by atoms with van der Waals surface area (Å²) < 4.78 is 5.38. The molecule has 128 valence electrons. The van der Waals surface area contributed by atoms with E-state index in [1.165, 1.54) is 0 Å². The van der Waals surface area contributed by atoms with E-state index < -0.39 is 5.54 Å². The number of aromatic nitrogens is 2. The number of halogens is 1. The number of benzene rings is 1. The lowest BCUT2D eigenvalue weighted by Gasteiger charge is -2.34. The first kappa shape index (κ1) is 16.7. The summed E-state index contributed by atoms with van der Waals surface area (Å²) in [5.41, 5.74) is 8.31. The second-order valence-corrected chi connectivity index (χ2v) is 6.38. The molecule has 2 heterocycles. The number of anilines is 2. The van der Waals surface area contributed by atoms with E-state index in [1.807, 2.05) is 25.2 Å². The summed E-state index contributed by atoms with van der Waals surface area (Å²) in [7, 11) is 1.97. The first-order chi connectivity index (χ1) is 11.0. The molecular formula is C16H20ClN5O2. The van der Waals surface area contributed by atoms with Crippen LogP contribution in [0.25, 0.3) is 11.5 Å². The van der Waals surface area contributed by atoms with Crippen LogP contribution in [0.1, 0.15) is 31.5 Å². The third-order valence-corrected chi connectivity index (χ3v) is 4.72. The van der Waals surface area contributed by atoms with E-state index in [1.54, 1.807) is 0 Å². The number of nitrogens with one attached hydrogen (secondary N) is 1. The highest BCUT2D eigenvalue weighted by atomic mass is 35.5. The van der Waals surface area contributed by atoms with Crippen molar-refractivity contribution in [2.45, 2.75) is 31.2 Å². The van der Waals surface area contributed by atoms with E-state index in [0.29, 0.717) is 24.7 Å². The van der Waals surface area contributed by atoms with Crippen LogP contribution >= 0.6 is 12.4 Å². The van der Waals surface area contributed by atoms with Crippen molar-refractivity contribution in [2.24, 2.45) is 5.73 Å². The Kier molecular flexibility index (Phi) is 4.23. The number of fused-ring (bicyclic) bond motifs is 1. The molecule has 1 aliphatic carbocycles. The molecule has 4 rings (SSSR count). The number of nitrogens with two attached hydrogens (primary N) is 1. The quantitative estimate of drug-likeness (QED) is 0.863. The Hall–Kier alpha value is -2.12. The number of carbonyl (C=O) groups is 1. The maximum atomic E-state index is 11.8. The fourth-order valence-corrected chi connectivity index (χ4v) is 3.03. The number of amides is 1. The Labute approximate surface area is 146 Å².